The van der Waals surface area contributed by atoms with Crippen molar-refractivity contribution in [2.24, 2.45) is 0 Å². The van der Waals surface area contributed by atoms with E-state index in [0.29, 0.717) is 10.8 Å². The van der Waals surface area contributed by atoms with Gasteiger partial charge in [-0.15, -0.1) is 0 Å². The molecule has 0 saturated carbocycles. The molecule has 5 heteroatoms. The van der Waals surface area contributed by atoms with Crippen molar-refractivity contribution in [3.63, 3.8) is 0 Å². The summed E-state index contributed by atoms with van der Waals surface area (Å²) >= 11 is 5.91. The number of carbonyl (C=O) groups excluding carboxylic acids is 1. The van der Waals surface area contributed by atoms with Gasteiger partial charge in [0.05, 0.1) is 18.7 Å². The predicted molar refractivity (Wildman–Crippen MR) is 74.4 cm³/mol. The molecule has 0 radical (unpaired) electrons. The Morgan fingerprint density at radius 3 is 2.83 bits per heavy atom. The van der Waals surface area contributed by atoms with Gasteiger partial charge in [0.15, 0.2) is 0 Å². The number of ether oxygens (including phenoxy) is 1. The van der Waals surface area contributed by atoms with Crippen LogP contribution in [0.25, 0.3) is 0 Å². The maximum Gasteiger partial charge on any atom is 0.239 e. The van der Waals surface area contributed by atoms with Crippen LogP contribution in [-0.2, 0) is 4.79 Å². The van der Waals surface area contributed by atoms with Crippen LogP contribution in [0.4, 0.5) is 5.69 Å². The summed E-state index contributed by atoms with van der Waals surface area (Å²) in [5.41, 5.74) is 0.801. The largest absolute Gasteiger partial charge is 0.495 e. The summed E-state index contributed by atoms with van der Waals surface area (Å²) < 4.78 is 5.10. The monoisotopic (exact) mass is 270 g/mol. The van der Waals surface area contributed by atoms with Gasteiger partial charge in [-0.05, 0) is 25.5 Å². The van der Waals surface area contributed by atoms with Crippen molar-refractivity contribution in [1.82, 2.24) is 5.32 Å². The number of carbonyl (C=O) groups is 1. The topological polar surface area (TPSA) is 50.4 Å². The number of methoxy groups -OCH3 is 1. The minimum absolute atomic E-state index is 0.0294. The van der Waals surface area contributed by atoms with Gasteiger partial charge in [0.2, 0.25) is 5.91 Å². The Morgan fingerprint density at radius 2 is 2.22 bits per heavy atom. The van der Waals surface area contributed by atoms with Crippen molar-refractivity contribution in [2.45, 2.75) is 26.3 Å². The molecule has 0 saturated heterocycles. The molecule has 1 aromatic rings. The summed E-state index contributed by atoms with van der Waals surface area (Å²) in [6, 6.07) is 5.49. The first kappa shape index (κ1) is 14.6. The number of rotatable bonds is 6. The highest BCUT2D eigenvalue weighted by Gasteiger charge is 2.06. The number of nitrogens with one attached hydrogen (secondary N) is 2. The third-order valence-corrected chi connectivity index (χ3v) is 2.94. The molecule has 1 aromatic carbocycles. The van der Waals surface area contributed by atoms with Gasteiger partial charge < -0.3 is 15.4 Å². The second kappa shape index (κ2) is 7.11. The molecule has 18 heavy (non-hydrogen) atoms. The first-order valence-corrected chi connectivity index (χ1v) is 6.31. The molecule has 0 aliphatic carbocycles. The second-order valence-electron chi connectivity index (χ2n) is 4.08. The van der Waals surface area contributed by atoms with E-state index in [1.165, 1.54) is 0 Å². The Labute approximate surface area is 113 Å². The SMILES string of the molecule is CCC(C)NC(=O)CNc1ccc(Cl)c(OC)c1. The normalized spacial score (nSPS) is 11.8. The van der Waals surface area contributed by atoms with E-state index >= 15 is 0 Å². The third-order valence-electron chi connectivity index (χ3n) is 2.62. The van der Waals surface area contributed by atoms with E-state index in [4.69, 9.17) is 16.3 Å². The molecule has 1 atom stereocenters. The van der Waals surface area contributed by atoms with Crippen molar-refractivity contribution in [3.8, 4) is 5.75 Å². The molecule has 1 amide bonds. The minimum Gasteiger partial charge on any atom is -0.495 e. The highest BCUT2D eigenvalue weighted by Crippen LogP contribution is 2.27. The van der Waals surface area contributed by atoms with E-state index in [1.807, 2.05) is 13.8 Å². The molecule has 0 aliphatic rings. The molecule has 2 N–H and O–H groups in total. The van der Waals surface area contributed by atoms with Crippen LogP contribution in [0.3, 0.4) is 0 Å². The molecular formula is C13H19ClN2O2. The van der Waals surface area contributed by atoms with Crippen molar-refractivity contribution in [2.75, 3.05) is 19.0 Å². The molecule has 0 spiro atoms. The van der Waals surface area contributed by atoms with Crippen molar-refractivity contribution >= 4 is 23.2 Å². The lowest BCUT2D eigenvalue weighted by atomic mass is 10.2. The average molecular weight is 271 g/mol. The van der Waals surface area contributed by atoms with Gasteiger partial charge in [0.25, 0.3) is 0 Å². The van der Waals surface area contributed by atoms with E-state index in [2.05, 4.69) is 10.6 Å². The summed E-state index contributed by atoms with van der Waals surface area (Å²) in [4.78, 5) is 11.6. The molecule has 0 aromatic heterocycles. The molecule has 1 rings (SSSR count). The summed E-state index contributed by atoms with van der Waals surface area (Å²) in [5.74, 6) is 0.558. The summed E-state index contributed by atoms with van der Waals surface area (Å²) in [7, 11) is 1.56. The quantitative estimate of drug-likeness (QED) is 0.836. The van der Waals surface area contributed by atoms with E-state index in [-0.39, 0.29) is 18.5 Å². The highest BCUT2D eigenvalue weighted by atomic mass is 35.5. The van der Waals surface area contributed by atoms with Gasteiger partial charge in [-0.1, -0.05) is 18.5 Å². The summed E-state index contributed by atoms with van der Waals surface area (Å²) in [5, 5.41) is 6.45. The van der Waals surface area contributed by atoms with Crippen molar-refractivity contribution < 1.29 is 9.53 Å². The number of halogens is 1. The number of anilines is 1. The Balaban J connectivity index is 2.51. The molecule has 0 bridgehead atoms. The first-order valence-electron chi connectivity index (χ1n) is 5.93. The third kappa shape index (κ3) is 4.45. The van der Waals surface area contributed by atoms with E-state index in [1.54, 1.807) is 25.3 Å². The molecule has 100 valence electrons. The Bertz CT molecular complexity index is 410. The van der Waals surface area contributed by atoms with Gasteiger partial charge in [-0.25, -0.2) is 0 Å². The number of benzene rings is 1. The van der Waals surface area contributed by atoms with Crippen LogP contribution in [0, 0.1) is 0 Å². The van der Waals surface area contributed by atoms with E-state index < -0.39 is 0 Å². The van der Waals surface area contributed by atoms with E-state index in [9.17, 15) is 4.79 Å². The summed E-state index contributed by atoms with van der Waals surface area (Å²) in [6.07, 6.45) is 0.917. The molecular weight excluding hydrogens is 252 g/mol. The van der Waals surface area contributed by atoms with Gasteiger partial charge in [0.1, 0.15) is 5.75 Å². The average Bonchev–Trinajstić information content (AvgIpc) is 2.37. The Hall–Kier alpha value is -1.42. The zero-order chi connectivity index (χ0) is 13.5. The van der Waals surface area contributed by atoms with Crippen molar-refractivity contribution in [1.29, 1.82) is 0 Å². The molecule has 0 heterocycles. The zero-order valence-corrected chi connectivity index (χ0v) is 11.7. The summed E-state index contributed by atoms with van der Waals surface area (Å²) in [6.45, 7) is 4.24. The smallest absolute Gasteiger partial charge is 0.239 e. The lowest BCUT2D eigenvalue weighted by Crippen LogP contribution is -2.36. The number of hydrogen-bond donors (Lipinski definition) is 2. The maximum atomic E-state index is 11.6. The predicted octanol–water partition coefficient (Wildman–Crippen LogP) is 2.68. The molecule has 1 unspecified atom stereocenters. The Morgan fingerprint density at radius 1 is 1.50 bits per heavy atom. The van der Waals surface area contributed by atoms with Crippen LogP contribution in [0.15, 0.2) is 18.2 Å². The lowest BCUT2D eigenvalue weighted by Gasteiger charge is -2.13. The molecule has 4 nitrogen and oxygen atoms in total. The lowest BCUT2D eigenvalue weighted by molar-refractivity contribution is -0.120. The fourth-order valence-corrected chi connectivity index (χ4v) is 1.57. The van der Waals surface area contributed by atoms with Gasteiger partial charge >= 0.3 is 0 Å². The first-order chi connectivity index (χ1) is 8.56. The Kier molecular flexibility index (Phi) is 5.78. The van der Waals surface area contributed by atoms with Crippen molar-refractivity contribution in [3.05, 3.63) is 23.2 Å². The standard InChI is InChI=1S/C13H19ClN2O2/c1-4-9(2)16-13(17)8-15-10-5-6-11(14)12(7-10)18-3/h5-7,9,15H,4,8H2,1-3H3,(H,16,17). The fourth-order valence-electron chi connectivity index (χ4n) is 1.38. The van der Waals surface area contributed by atoms with Crippen LogP contribution < -0.4 is 15.4 Å². The van der Waals surface area contributed by atoms with Gasteiger partial charge in [-0.3, -0.25) is 4.79 Å². The minimum atomic E-state index is -0.0294. The van der Waals surface area contributed by atoms with E-state index in [0.717, 1.165) is 12.1 Å². The maximum absolute atomic E-state index is 11.6. The number of hydrogen-bond acceptors (Lipinski definition) is 3. The zero-order valence-electron chi connectivity index (χ0n) is 10.9. The second-order valence-corrected chi connectivity index (χ2v) is 4.49. The highest BCUT2D eigenvalue weighted by molar-refractivity contribution is 6.32. The van der Waals surface area contributed by atoms with Crippen LogP contribution in [-0.4, -0.2) is 25.6 Å². The van der Waals surface area contributed by atoms with Gasteiger partial charge in [0, 0.05) is 17.8 Å². The number of amides is 1. The van der Waals surface area contributed by atoms with Crippen LogP contribution in [0.1, 0.15) is 20.3 Å². The molecule has 0 fully saturated rings. The fraction of sp³-hybridized carbons (Fsp3) is 0.462. The van der Waals surface area contributed by atoms with Crippen LogP contribution in [0.5, 0.6) is 5.75 Å². The van der Waals surface area contributed by atoms with Crippen LogP contribution in [0.2, 0.25) is 5.02 Å². The molecule has 0 aliphatic heterocycles. The van der Waals surface area contributed by atoms with Crippen LogP contribution >= 0.6 is 11.6 Å². The van der Waals surface area contributed by atoms with Gasteiger partial charge in [-0.2, -0.15) is 0 Å².